The Labute approximate surface area is 157 Å². The van der Waals surface area contributed by atoms with Gasteiger partial charge in [0.1, 0.15) is 11.5 Å². The molecule has 1 N–H and O–H groups in total. The first-order valence-corrected chi connectivity index (χ1v) is 9.50. The van der Waals surface area contributed by atoms with Crippen molar-refractivity contribution in [3.63, 3.8) is 0 Å². The molecule has 1 heterocycles. The van der Waals surface area contributed by atoms with Crippen LogP contribution in [-0.2, 0) is 14.8 Å². The SMILES string of the molecule is CCS(=O)(=O)N(C)c1oc(-c2ccc(OC)cc2OC)c(O)c1OC(C)=O. The van der Waals surface area contributed by atoms with Crippen LogP contribution in [0.3, 0.4) is 0 Å². The predicted octanol–water partition coefficient (Wildman–Crippen LogP) is 2.38. The van der Waals surface area contributed by atoms with Gasteiger partial charge in [0.15, 0.2) is 5.76 Å². The summed E-state index contributed by atoms with van der Waals surface area (Å²) < 4.78 is 46.2. The monoisotopic (exact) mass is 399 g/mol. The quantitative estimate of drug-likeness (QED) is 0.706. The minimum atomic E-state index is -3.74. The number of hydrogen-bond acceptors (Lipinski definition) is 8. The number of sulfonamides is 1. The normalized spacial score (nSPS) is 11.1. The van der Waals surface area contributed by atoms with Gasteiger partial charge < -0.3 is 23.7 Å². The lowest BCUT2D eigenvalue weighted by atomic mass is 10.1. The summed E-state index contributed by atoms with van der Waals surface area (Å²) in [6.07, 6.45) is 0. The Morgan fingerprint density at radius 2 is 1.93 bits per heavy atom. The zero-order valence-electron chi connectivity index (χ0n) is 15.6. The number of nitrogens with zero attached hydrogens (tertiary/aromatic N) is 1. The molecule has 2 aromatic rings. The molecule has 0 bridgehead atoms. The molecule has 0 atom stereocenters. The van der Waals surface area contributed by atoms with Crippen LogP contribution < -0.4 is 18.5 Å². The Hall–Kier alpha value is -2.88. The van der Waals surface area contributed by atoms with Gasteiger partial charge in [0, 0.05) is 20.0 Å². The van der Waals surface area contributed by atoms with Gasteiger partial charge >= 0.3 is 5.97 Å². The van der Waals surface area contributed by atoms with Crippen LogP contribution in [0.5, 0.6) is 23.0 Å². The predicted molar refractivity (Wildman–Crippen MR) is 98.1 cm³/mol. The molecule has 27 heavy (non-hydrogen) atoms. The second-order valence-electron chi connectivity index (χ2n) is 5.44. The highest BCUT2D eigenvalue weighted by molar-refractivity contribution is 7.92. The summed E-state index contributed by atoms with van der Waals surface area (Å²) in [5.74, 6) is -1.50. The lowest BCUT2D eigenvalue weighted by molar-refractivity contribution is -0.132. The molecule has 0 unspecified atom stereocenters. The van der Waals surface area contributed by atoms with E-state index in [1.807, 2.05) is 0 Å². The molecule has 0 saturated carbocycles. The highest BCUT2D eigenvalue weighted by Gasteiger charge is 2.32. The fourth-order valence-electron chi connectivity index (χ4n) is 2.33. The molecule has 1 aromatic heterocycles. The summed E-state index contributed by atoms with van der Waals surface area (Å²) >= 11 is 0. The van der Waals surface area contributed by atoms with Gasteiger partial charge in [-0.25, -0.2) is 12.7 Å². The van der Waals surface area contributed by atoms with E-state index in [0.29, 0.717) is 17.1 Å². The molecule has 10 heteroatoms. The van der Waals surface area contributed by atoms with Crippen molar-refractivity contribution in [1.29, 1.82) is 0 Å². The Morgan fingerprint density at radius 3 is 2.44 bits per heavy atom. The molecule has 0 aliphatic carbocycles. The third-order valence-corrected chi connectivity index (χ3v) is 5.52. The number of carbonyl (C=O) groups excluding carboxylic acids is 1. The van der Waals surface area contributed by atoms with Crippen molar-refractivity contribution in [3.8, 4) is 34.3 Å². The van der Waals surface area contributed by atoms with Crippen molar-refractivity contribution in [3.05, 3.63) is 18.2 Å². The fraction of sp³-hybridized carbons (Fsp3) is 0.353. The van der Waals surface area contributed by atoms with Crippen molar-refractivity contribution in [1.82, 2.24) is 0 Å². The number of carbonyl (C=O) groups is 1. The number of anilines is 1. The van der Waals surface area contributed by atoms with E-state index in [4.69, 9.17) is 18.6 Å². The molecule has 148 valence electrons. The molecule has 2 rings (SSSR count). The summed E-state index contributed by atoms with van der Waals surface area (Å²) in [6, 6.07) is 4.73. The maximum absolute atomic E-state index is 12.2. The van der Waals surface area contributed by atoms with Crippen LogP contribution in [0.1, 0.15) is 13.8 Å². The van der Waals surface area contributed by atoms with E-state index in [9.17, 15) is 18.3 Å². The van der Waals surface area contributed by atoms with Crippen molar-refractivity contribution in [2.24, 2.45) is 0 Å². The van der Waals surface area contributed by atoms with Crippen LogP contribution in [-0.4, -0.2) is 46.5 Å². The fourth-order valence-corrected chi connectivity index (χ4v) is 3.09. The highest BCUT2D eigenvalue weighted by Crippen LogP contribution is 2.50. The van der Waals surface area contributed by atoms with E-state index in [2.05, 4.69) is 0 Å². The Balaban J connectivity index is 2.71. The summed E-state index contributed by atoms with van der Waals surface area (Å²) in [5.41, 5.74) is 0.317. The Morgan fingerprint density at radius 1 is 1.26 bits per heavy atom. The number of methoxy groups -OCH3 is 2. The maximum atomic E-state index is 12.2. The zero-order valence-corrected chi connectivity index (χ0v) is 16.4. The smallest absolute Gasteiger partial charge is 0.308 e. The van der Waals surface area contributed by atoms with Crippen molar-refractivity contribution < 1.29 is 36.9 Å². The number of esters is 1. The second-order valence-corrected chi connectivity index (χ2v) is 7.73. The summed E-state index contributed by atoms with van der Waals surface area (Å²) in [7, 11) is 0.403. The van der Waals surface area contributed by atoms with E-state index in [1.165, 1.54) is 28.2 Å². The molecule has 0 aliphatic heterocycles. The molecule has 9 nitrogen and oxygen atoms in total. The van der Waals surface area contributed by atoms with Crippen molar-refractivity contribution in [2.45, 2.75) is 13.8 Å². The third-order valence-electron chi connectivity index (χ3n) is 3.79. The summed E-state index contributed by atoms with van der Waals surface area (Å²) in [4.78, 5) is 11.4. The average Bonchev–Trinajstić information content (AvgIpc) is 2.96. The average molecular weight is 399 g/mol. The second kappa shape index (κ2) is 7.78. The summed E-state index contributed by atoms with van der Waals surface area (Å²) in [5, 5.41) is 10.6. The molecule has 0 fully saturated rings. The van der Waals surface area contributed by atoms with Gasteiger partial charge in [0.2, 0.25) is 21.5 Å². The van der Waals surface area contributed by atoms with Crippen LogP contribution in [0.15, 0.2) is 22.6 Å². The van der Waals surface area contributed by atoms with E-state index in [1.54, 1.807) is 18.2 Å². The van der Waals surface area contributed by atoms with Crippen molar-refractivity contribution >= 4 is 21.9 Å². The van der Waals surface area contributed by atoms with E-state index >= 15 is 0 Å². The standard InChI is InChI=1S/C17H21NO8S/c1-6-27(21,22)18(3)17-16(25-10(2)19)14(20)15(26-17)12-8-7-11(23-4)9-13(12)24-5/h7-9,20H,6H2,1-5H3. The van der Waals surface area contributed by atoms with Gasteiger partial charge in [0.25, 0.3) is 5.88 Å². The highest BCUT2D eigenvalue weighted by atomic mass is 32.2. The minimum Gasteiger partial charge on any atom is -0.502 e. The maximum Gasteiger partial charge on any atom is 0.308 e. The molecule has 0 saturated heterocycles. The first-order chi connectivity index (χ1) is 12.7. The molecular formula is C17H21NO8S. The van der Waals surface area contributed by atoms with Crippen LogP contribution in [0.2, 0.25) is 0 Å². The summed E-state index contributed by atoms with van der Waals surface area (Å²) in [6.45, 7) is 2.58. The Kier molecular flexibility index (Phi) is 5.89. The lowest BCUT2D eigenvalue weighted by Gasteiger charge is -2.16. The molecular weight excluding hydrogens is 378 g/mol. The largest absolute Gasteiger partial charge is 0.502 e. The van der Waals surface area contributed by atoms with E-state index < -0.39 is 27.5 Å². The third kappa shape index (κ3) is 3.95. The number of ether oxygens (including phenoxy) is 3. The molecule has 0 radical (unpaired) electrons. The van der Waals surface area contributed by atoms with Gasteiger partial charge in [-0.1, -0.05) is 0 Å². The van der Waals surface area contributed by atoms with Gasteiger partial charge in [-0.3, -0.25) is 4.79 Å². The van der Waals surface area contributed by atoms with E-state index in [0.717, 1.165) is 11.2 Å². The van der Waals surface area contributed by atoms with Crippen LogP contribution in [0.4, 0.5) is 5.88 Å². The molecule has 1 aromatic carbocycles. The molecule has 0 amide bonds. The van der Waals surface area contributed by atoms with Crippen LogP contribution >= 0.6 is 0 Å². The number of hydrogen-bond donors (Lipinski definition) is 1. The van der Waals surface area contributed by atoms with Gasteiger partial charge in [-0.15, -0.1) is 0 Å². The minimum absolute atomic E-state index is 0.112. The molecule has 0 spiro atoms. The van der Waals surface area contributed by atoms with Gasteiger partial charge in [-0.05, 0) is 19.1 Å². The number of furan rings is 1. The number of benzene rings is 1. The van der Waals surface area contributed by atoms with Gasteiger partial charge in [0.05, 0.1) is 25.5 Å². The van der Waals surface area contributed by atoms with Crippen molar-refractivity contribution in [2.75, 3.05) is 31.3 Å². The first kappa shape index (κ1) is 20.4. The van der Waals surface area contributed by atoms with E-state index in [-0.39, 0.29) is 17.4 Å². The Bertz CT molecular complexity index is 948. The topological polar surface area (TPSA) is 116 Å². The first-order valence-electron chi connectivity index (χ1n) is 7.89. The van der Waals surface area contributed by atoms with Crippen LogP contribution in [0.25, 0.3) is 11.3 Å². The molecule has 0 aliphatic rings. The van der Waals surface area contributed by atoms with Gasteiger partial charge in [-0.2, -0.15) is 0 Å². The van der Waals surface area contributed by atoms with Crippen LogP contribution in [0, 0.1) is 0 Å². The lowest BCUT2D eigenvalue weighted by Crippen LogP contribution is -2.28. The zero-order chi connectivity index (χ0) is 20.4. The number of rotatable bonds is 7. The number of aromatic hydroxyl groups is 1.